The summed E-state index contributed by atoms with van der Waals surface area (Å²) < 4.78 is 34.9. The van der Waals surface area contributed by atoms with Crippen LogP contribution in [0.3, 0.4) is 0 Å². The summed E-state index contributed by atoms with van der Waals surface area (Å²) in [4.78, 5) is 27.7. The van der Waals surface area contributed by atoms with Crippen molar-refractivity contribution in [2.45, 2.75) is 55.8 Å². The van der Waals surface area contributed by atoms with Crippen LogP contribution in [0.5, 0.6) is 5.75 Å². The number of carbonyl (C=O) groups is 2. The van der Waals surface area contributed by atoms with Gasteiger partial charge in [0.15, 0.2) is 11.6 Å². The van der Waals surface area contributed by atoms with Crippen molar-refractivity contribution in [3.8, 4) is 5.75 Å². The smallest absolute Gasteiger partial charge is 0.408 e. The number of hydrogen-bond donors (Lipinski definition) is 2. The van der Waals surface area contributed by atoms with Gasteiger partial charge in [0.05, 0.1) is 6.54 Å². The third-order valence-electron chi connectivity index (χ3n) is 7.97. The second-order valence-electron chi connectivity index (χ2n) is 10.1. The summed E-state index contributed by atoms with van der Waals surface area (Å²) in [6.45, 7) is -0.248. The van der Waals surface area contributed by atoms with E-state index < -0.39 is 35.8 Å². The maximum Gasteiger partial charge on any atom is 0.408 e. The fourth-order valence-electron chi connectivity index (χ4n) is 5.77. The van der Waals surface area contributed by atoms with Crippen LogP contribution >= 0.6 is 0 Å². The van der Waals surface area contributed by atoms with Crippen LogP contribution < -0.4 is 9.64 Å². The quantitative estimate of drug-likeness (QED) is 0.563. The third kappa shape index (κ3) is 5.20. The minimum Gasteiger partial charge on any atom is -0.485 e. The molecule has 1 heterocycles. The molecule has 0 radical (unpaired) electrons. The number of amides is 1. The van der Waals surface area contributed by atoms with Gasteiger partial charge in [-0.25, -0.2) is 14.0 Å². The molecule has 2 atom stereocenters. The molecule has 2 fully saturated rings. The Kier molecular flexibility index (Phi) is 7.59. The van der Waals surface area contributed by atoms with Crippen molar-refractivity contribution in [2.24, 2.45) is 0 Å². The molecule has 1 saturated carbocycles. The van der Waals surface area contributed by atoms with Crippen molar-refractivity contribution in [2.75, 3.05) is 32.6 Å². The average molecular weight is 518 g/mol. The molecule has 0 spiro atoms. The van der Waals surface area contributed by atoms with E-state index in [0.29, 0.717) is 5.69 Å². The summed E-state index contributed by atoms with van der Waals surface area (Å²) in [6.07, 6.45) is 1.01. The average Bonchev–Trinajstić information content (AvgIpc) is 3.31. The molecule has 1 saturated heterocycles. The molecule has 37 heavy (non-hydrogen) atoms. The highest BCUT2D eigenvalue weighted by molar-refractivity contribution is 5.80. The number of benzene rings is 2. The number of carboxylic acid groups (broad SMARTS) is 2. The third-order valence-corrected chi connectivity index (χ3v) is 7.97. The zero-order valence-electron chi connectivity index (χ0n) is 21.2. The van der Waals surface area contributed by atoms with Crippen LogP contribution in [-0.4, -0.2) is 78.0 Å². The standard InChI is InChI=1S/C27H33F2N3O5/c1-30(2)27(17-7-5-4-6-8-17)11-9-18(10-12-27)31(3)19-13-21(28)24(29)23(14-19)37-20-15-22(25(33)34)32(16-20)26(35)36/h4-8,13-14,18,20,22H,9-12,15-16H2,1-3H3,(H,33,34)(H,35,36)/t18?,20-,22-,27?/m0/s1. The maximum absolute atomic E-state index is 14.7. The van der Waals surface area contributed by atoms with Gasteiger partial charge in [0.2, 0.25) is 5.82 Å². The lowest BCUT2D eigenvalue weighted by Crippen LogP contribution is -2.48. The van der Waals surface area contributed by atoms with Crippen molar-refractivity contribution in [3.05, 3.63) is 59.7 Å². The summed E-state index contributed by atoms with van der Waals surface area (Å²) in [7, 11) is 6.01. The number of carboxylic acids is 1. The molecule has 1 aliphatic heterocycles. The normalized spacial score (nSPS) is 25.8. The van der Waals surface area contributed by atoms with Gasteiger partial charge in [-0.3, -0.25) is 9.80 Å². The van der Waals surface area contributed by atoms with Gasteiger partial charge in [-0.2, -0.15) is 4.39 Å². The second kappa shape index (κ2) is 10.5. The molecule has 0 bridgehead atoms. The molecule has 0 unspecified atom stereocenters. The first kappa shape index (κ1) is 26.7. The summed E-state index contributed by atoms with van der Waals surface area (Å²) in [6, 6.07) is 11.7. The van der Waals surface area contributed by atoms with Gasteiger partial charge >= 0.3 is 12.1 Å². The van der Waals surface area contributed by atoms with E-state index in [1.165, 1.54) is 11.6 Å². The van der Waals surface area contributed by atoms with Gasteiger partial charge in [-0.15, -0.1) is 0 Å². The van der Waals surface area contributed by atoms with Crippen LogP contribution in [0.1, 0.15) is 37.7 Å². The zero-order chi connectivity index (χ0) is 26.9. The summed E-state index contributed by atoms with van der Waals surface area (Å²) in [5.41, 5.74) is 1.61. The predicted octanol–water partition coefficient (Wildman–Crippen LogP) is 4.39. The molecule has 2 aromatic carbocycles. The topological polar surface area (TPSA) is 93.5 Å². The zero-order valence-corrected chi connectivity index (χ0v) is 21.2. The van der Waals surface area contributed by atoms with Crippen LogP contribution in [0.2, 0.25) is 0 Å². The van der Waals surface area contributed by atoms with Gasteiger partial charge in [0, 0.05) is 42.9 Å². The first-order chi connectivity index (χ1) is 17.5. The van der Waals surface area contributed by atoms with Gasteiger partial charge in [-0.1, -0.05) is 30.3 Å². The number of anilines is 1. The number of ether oxygens (including phenoxy) is 1. The highest BCUT2D eigenvalue weighted by Gasteiger charge is 2.42. The van der Waals surface area contributed by atoms with E-state index >= 15 is 0 Å². The Morgan fingerprint density at radius 2 is 1.70 bits per heavy atom. The van der Waals surface area contributed by atoms with E-state index in [0.717, 1.165) is 36.6 Å². The van der Waals surface area contributed by atoms with Gasteiger partial charge in [0.1, 0.15) is 12.1 Å². The molecule has 2 N–H and O–H groups in total. The molecule has 1 aliphatic carbocycles. The minimum absolute atomic E-state index is 0.0971. The summed E-state index contributed by atoms with van der Waals surface area (Å²) >= 11 is 0. The fraction of sp³-hybridized carbons (Fsp3) is 0.481. The molecule has 4 rings (SSSR count). The van der Waals surface area contributed by atoms with Crippen LogP contribution in [0, 0.1) is 11.6 Å². The predicted molar refractivity (Wildman–Crippen MR) is 134 cm³/mol. The minimum atomic E-state index is -1.40. The molecular weight excluding hydrogens is 484 g/mol. The number of aliphatic carboxylic acids is 1. The molecule has 1 amide bonds. The van der Waals surface area contributed by atoms with E-state index in [1.54, 1.807) is 0 Å². The van der Waals surface area contributed by atoms with E-state index in [2.05, 4.69) is 31.1 Å². The number of rotatable bonds is 7. The van der Waals surface area contributed by atoms with Crippen molar-refractivity contribution in [3.63, 3.8) is 0 Å². The van der Waals surface area contributed by atoms with E-state index in [-0.39, 0.29) is 30.3 Å². The summed E-state index contributed by atoms with van der Waals surface area (Å²) in [5.74, 6) is -3.93. The lowest BCUT2D eigenvalue weighted by atomic mass is 9.73. The first-order valence-corrected chi connectivity index (χ1v) is 12.4. The molecular formula is C27H33F2N3O5. The Balaban J connectivity index is 1.50. The monoisotopic (exact) mass is 517 g/mol. The van der Waals surface area contributed by atoms with Crippen molar-refractivity contribution < 1.29 is 33.3 Å². The molecule has 10 heteroatoms. The summed E-state index contributed by atoms with van der Waals surface area (Å²) in [5, 5.41) is 18.6. The van der Waals surface area contributed by atoms with Gasteiger partial charge in [-0.05, 0) is 45.3 Å². The SMILES string of the molecule is CN(c1cc(F)c(F)c(O[C@H]2C[C@@H](C(=O)O)N(C(=O)O)C2)c1)C1CCC(c2ccccc2)(N(C)C)CC1. The highest BCUT2D eigenvalue weighted by Crippen LogP contribution is 2.43. The van der Waals surface area contributed by atoms with E-state index in [4.69, 9.17) is 4.74 Å². The Morgan fingerprint density at radius 3 is 2.24 bits per heavy atom. The largest absolute Gasteiger partial charge is 0.485 e. The molecule has 2 aliphatic rings. The Bertz CT molecular complexity index is 1120. The molecule has 0 aromatic heterocycles. The van der Waals surface area contributed by atoms with Gasteiger partial charge in [0.25, 0.3) is 0 Å². The fourth-order valence-corrected chi connectivity index (χ4v) is 5.77. The molecule has 8 nitrogen and oxygen atoms in total. The van der Waals surface area contributed by atoms with Crippen molar-refractivity contribution in [1.82, 2.24) is 9.80 Å². The van der Waals surface area contributed by atoms with Crippen molar-refractivity contribution >= 4 is 17.7 Å². The van der Waals surface area contributed by atoms with E-state index in [9.17, 15) is 28.6 Å². The van der Waals surface area contributed by atoms with Crippen molar-refractivity contribution in [1.29, 1.82) is 0 Å². The van der Waals surface area contributed by atoms with E-state index in [1.807, 2.05) is 30.1 Å². The number of likely N-dealkylation sites (tertiary alicyclic amines) is 1. The second-order valence-corrected chi connectivity index (χ2v) is 10.1. The lowest BCUT2D eigenvalue weighted by molar-refractivity contribution is -0.141. The highest BCUT2D eigenvalue weighted by atomic mass is 19.2. The number of halogens is 2. The number of hydrogen-bond acceptors (Lipinski definition) is 5. The maximum atomic E-state index is 14.7. The molecule has 200 valence electrons. The first-order valence-electron chi connectivity index (χ1n) is 12.4. The Hall–Kier alpha value is -3.40. The lowest BCUT2D eigenvalue weighted by Gasteiger charge is -2.47. The van der Waals surface area contributed by atoms with Crippen LogP contribution in [-0.2, 0) is 10.3 Å². The molecule has 2 aromatic rings. The van der Waals surface area contributed by atoms with Gasteiger partial charge < -0.3 is 19.8 Å². The van der Waals surface area contributed by atoms with Crippen LogP contribution in [0.15, 0.2) is 42.5 Å². The Labute approximate surface area is 215 Å². The Morgan fingerprint density at radius 1 is 1.05 bits per heavy atom. The van der Waals surface area contributed by atoms with Crippen LogP contribution in [0.25, 0.3) is 0 Å². The number of nitrogens with zero attached hydrogens (tertiary/aromatic N) is 3. The van der Waals surface area contributed by atoms with Crippen LogP contribution in [0.4, 0.5) is 19.3 Å².